The molecule has 7 heteroatoms. The van der Waals surface area contributed by atoms with Gasteiger partial charge in [-0.2, -0.15) is 0 Å². The average molecular weight is 410 g/mol. The number of carbonyl (C=O) groups excluding carboxylic acids is 2. The molecule has 2 N–H and O–H groups in total. The zero-order valence-electron chi connectivity index (χ0n) is 17.8. The molecule has 1 aromatic heterocycles. The van der Waals surface area contributed by atoms with E-state index in [4.69, 9.17) is 13.9 Å². The number of hydrogen-bond donors (Lipinski definition) is 2. The van der Waals surface area contributed by atoms with E-state index in [0.29, 0.717) is 40.3 Å². The van der Waals surface area contributed by atoms with Gasteiger partial charge in [-0.15, -0.1) is 0 Å². The minimum absolute atomic E-state index is 0.0244. The summed E-state index contributed by atoms with van der Waals surface area (Å²) < 4.78 is 16.3. The first kappa shape index (κ1) is 21.2. The molecule has 0 spiro atoms. The van der Waals surface area contributed by atoms with Crippen LogP contribution >= 0.6 is 0 Å². The van der Waals surface area contributed by atoms with Gasteiger partial charge in [0.25, 0.3) is 5.91 Å². The van der Waals surface area contributed by atoms with Crippen LogP contribution in [0.3, 0.4) is 0 Å². The molecule has 0 aliphatic carbocycles. The fraction of sp³-hybridized carbons (Fsp3) is 0.304. The molecule has 0 bridgehead atoms. The number of nitrogens with one attached hydrogen (secondary N) is 2. The quantitative estimate of drug-likeness (QED) is 0.592. The predicted molar refractivity (Wildman–Crippen MR) is 116 cm³/mol. The molecule has 30 heavy (non-hydrogen) atoms. The van der Waals surface area contributed by atoms with E-state index in [9.17, 15) is 9.59 Å². The van der Waals surface area contributed by atoms with Gasteiger partial charge in [-0.05, 0) is 29.7 Å². The number of amides is 2. The summed E-state index contributed by atoms with van der Waals surface area (Å²) in [7, 11) is 3.05. The molecule has 0 aliphatic heterocycles. The number of benzene rings is 2. The van der Waals surface area contributed by atoms with Crippen molar-refractivity contribution in [3.63, 3.8) is 0 Å². The minimum atomic E-state index is -0.499. The van der Waals surface area contributed by atoms with Crippen molar-refractivity contribution in [3.05, 3.63) is 48.2 Å². The number of ether oxygens (including phenoxy) is 2. The number of para-hydroxylation sites is 1. The van der Waals surface area contributed by atoms with Crippen molar-refractivity contribution in [2.45, 2.75) is 27.2 Å². The third-order valence-corrected chi connectivity index (χ3v) is 4.41. The van der Waals surface area contributed by atoms with Gasteiger partial charge in [0.1, 0.15) is 22.8 Å². The summed E-state index contributed by atoms with van der Waals surface area (Å²) in [5.74, 6) is 0.378. The SMILES string of the molecule is COc1ccc(NC(=O)c2oc3ccccc3c2NC(=O)CC(C)(C)C)c(OC)c1. The first-order valence-electron chi connectivity index (χ1n) is 9.56. The molecule has 0 fully saturated rings. The molecule has 1 heterocycles. The standard InChI is InChI=1S/C23H26N2O5/c1-23(2,3)13-19(26)25-20-15-8-6-7-9-17(15)30-21(20)22(27)24-16-11-10-14(28-4)12-18(16)29-5/h6-12H,13H2,1-5H3,(H,24,27)(H,25,26). The monoisotopic (exact) mass is 410 g/mol. The van der Waals surface area contributed by atoms with Crippen LogP contribution in [0.4, 0.5) is 11.4 Å². The maximum absolute atomic E-state index is 13.1. The van der Waals surface area contributed by atoms with E-state index in [1.807, 2.05) is 26.8 Å². The highest BCUT2D eigenvalue weighted by molar-refractivity contribution is 6.14. The molecule has 3 aromatic rings. The lowest BCUT2D eigenvalue weighted by Gasteiger charge is -2.17. The molecule has 7 nitrogen and oxygen atoms in total. The maximum Gasteiger partial charge on any atom is 0.293 e. The first-order valence-corrected chi connectivity index (χ1v) is 9.56. The molecule has 0 unspecified atom stereocenters. The molecule has 3 rings (SSSR count). The normalized spacial score (nSPS) is 11.2. The zero-order chi connectivity index (χ0) is 21.9. The van der Waals surface area contributed by atoms with Crippen LogP contribution in [-0.4, -0.2) is 26.0 Å². The summed E-state index contributed by atoms with van der Waals surface area (Å²) >= 11 is 0. The van der Waals surface area contributed by atoms with E-state index in [1.54, 1.807) is 43.5 Å². The van der Waals surface area contributed by atoms with Crippen molar-refractivity contribution in [1.82, 2.24) is 0 Å². The molecular formula is C23H26N2O5. The first-order chi connectivity index (χ1) is 14.2. The molecule has 0 radical (unpaired) electrons. The summed E-state index contributed by atoms with van der Waals surface area (Å²) in [4.78, 5) is 25.6. The van der Waals surface area contributed by atoms with Gasteiger partial charge in [-0.25, -0.2) is 0 Å². The van der Waals surface area contributed by atoms with Gasteiger partial charge in [0.05, 0.1) is 19.9 Å². The number of carbonyl (C=O) groups is 2. The van der Waals surface area contributed by atoms with Crippen LogP contribution in [0.1, 0.15) is 37.7 Å². The van der Waals surface area contributed by atoms with Crippen LogP contribution in [0.25, 0.3) is 11.0 Å². The van der Waals surface area contributed by atoms with Crippen LogP contribution in [0.2, 0.25) is 0 Å². The average Bonchev–Trinajstić information content (AvgIpc) is 3.05. The second-order valence-electron chi connectivity index (χ2n) is 8.11. The van der Waals surface area contributed by atoms with E-state index >= 15 is 0 Å². The summed E-state index contributed by atoms with van der Waals surface area (Å²) in [5.41, 5.74) is 1.12. The van der Waals surface area contributed by atoms with Gasteiger partial charge in [0.15, 0.2) is 0 Å². The van der Waals surface area contributed by atoms with Gasteiger partial charge in [-0.1, -0.05) is 32.9 Å². The van der Waals surface area contributed by atoms with Crippen molar-refractivity contribution in [1.29, 1.82) is 0 Å². The fourth-order valence-electron chi connectivity index (χ4n) is 3.08. The van der Waals surface area contributed by atoms with Crippen LogP contribution in [0.15, 0.2) is 46.9 Å². The van der Waals surface area contributed by atoms with Crippen LogP contribution in [-0.2, 0) is 4.79 Å². The second-order valence-corrected chi connectivity index (χ2v) is 8.11. The van der Waals surface area contributed by atoms with E-state index in [-0.39, 0.29) is 17.1 Å². The molecule has 0 saturated carbocycles. The number of hydrogen-bond acceptors (Lipinski definition) is 5. The molecule has 2 amide bonds. The molecule has 158 valence electrons. The highest BCUT2D eigenvalue weighted by Crippen LogP contribution is 2.34. The van der Waals surface area contributed by atoms with E-state index in [0.717, 1.165) is 0 Å². The lowest BCUT2D eigenvalue weighted by atomic mass is 9.92. The maximum atomic E-state index is 13.1. The van der Waals surface area contributed by atoms with Gasteiger partial charge in [0, 0.05) is 17.9 Å². The van der Waals surface area contributed by atoms with E-state index in [1.165, 1.54) is 7.11 Å². The summed E-state index contributed by atoms with van der Waals surface area (Å²) in [6, 6.07) is 12.2. The Kier molecular flexibility index (Phi) is 6.01. The smallest absolute Gasteiger partial charge is 0.293 e. The van der Waals surface area contributed by atoms with Crippen molar-refractivity contribution < 1.29 is 23.5 Å². The summed E-state index contributed by atoms with van der Waals surface area (Å²) in [6.07, 6.45) is 0.305. The Morgan fingerprint density at radius 2 is 1.73 bits per heavy atom. The Morgan fingerprint density at radius 3 is 2.40 bits per heavy atom. The van der Waals surface area contributed by atoms with Crippen LogP contribution in [0.5, 0.6) is 11.5 Å². The molecule has 0 atom stereocenters. The minimum Gasteiger partial charge on any atom is -0.497 e. The zero-order valence-corrected chi connectivity index (χ0v) is 17.8. The summed E-state index contributed by atoms with van der Waals surface area (Å²) in [5, 5.41) is 6.31. The molecular weight excluding hydrogens is 384 g/mol. The number of anilines is 2. The lowest BCUT2D eigenvalue weighted by Crippen LogP contribution is -2.21. The third kappa shape index (κ3) is 4.74. The van der Waals surface area contributed by atoms with Crippen LogP contribution in [0, 0.1) is 5.41 Å². The van der Waals surface area contributed by atoms with Gasteiger partial charge >= 0.3 is 0 Å². The molecule has 2 aromatic carbocycles. The third-order valence-electron chi connectivity index (χ3n) is 4.41. The number of methoxy groups -OCH3 is 2. The van der Waals surface area contributed by atoms with Gasteiger partial charge in [-0.3, -0.25) is 9.59 Å². The Balaban J connectivity index is 1.95. The highest BCUT2D eigenvalue weighted by Gasteiger charge is 2.25. The second kappa shape index (κ2) is 8.49. The van der Waals surface area contributed by atoms with Crippen molar-refractivity contribution >= 4 is 34.2 Å². The Morgan fingerprint density at radius 1 is 1.00 bits per heavy atom. The molecule has 0 saturated heterocycles. The lowest BCUT2D eigenvalue weighted by molar-refractivity contribution is -0.117. The number of rotatable bonds is 6. The fourth-order valence-corrected chi connectivity index (χ4v) is 3.08. The number of furan rings is 1. The van der Waals surface area contributed by atoms with Gasteiger partial charge < -0.3 is 24.5 Å². The van der Waals surface area contributed by atoms with E-state index < -0.39 is 5.91 Å². The Hall–Kier alpha value is -3.48. The Bertz CT molecular complexity index is 1080. The number of fused-ring (bicyclic) bond motifs is 1. The Labute approximate surface area is 175 Å². The van der Waals surface area contributed by atoms with Crippen molar-refractivity contribution in [2.24, 2.45) is 5.41 Å². The van der Waals surface area contributed by atoms with Gasteiger partial charge in [0.2, 0.25) is 11.7 Å². The van der Waals surface area contributed by atoms with Crippen molar-refractivity contribution in [3.8, 4) is 11.5 Å². The predicted octanol–water partition coefficient (Wildman–Crippen LogP) is 5.08. The summed E-state index contributed by atoms with van der Waals surface area (Å²) in [6.45, 7) is 5.93. The largest absolute Gasteiger partial charge is 0.497 e. The molecule has 0 aliphatic rings. The van der Waals surface area contributed by atoms with Crippen LogP contribution < -0.4 is 20.1 Å². The van der Waals surface area contributed by atoms with E-state index in [2.05, 4.69) is 10.6 Å². The van der Waals surface area contributed by atoms with Crippen molar-refractivity contribution in [2.75, 3.05) is 24.9 Å². The highest BCUT2D eigenvalue weighted by atomic mass is 16.5. The topological polar surface area (TPSA) is 89.8 Å².